The molecule has 310 valence electrons. The summed E-state index contributed by atoms with van der Waals surface area (Å²) in [4.78, 5) is 46.8. The van der Waals surface area contributed by atoms with Gasteiger partial charge in [-0.2, -0.15) is 0 Å². The van der Waals surface area contributed by atoms with Gasteiger partial charge in [-0.05, 0) is 64.8 Å². The van der Waals surface area contributed by atoms with Gasteiger partial charge >= 0.3 is 23.9 Å². The lowest BCUT2D eigenvalue weighted by Gasteiger charge is -2.22. The van der Waals surface area contributed by atoms with Gasteiger partial charge in [0.25, 0.3) is 0 Å². The van der Waals surface area contributed by atoms with E-state index in [1.54, 1.807) is 12.1 Å². The SMILES string of the molecule is CC1(C)O[C@@H]2[C@H](O1)[C@@H](OCCO)C[C@H]2N.CC1(C)O[C@@H]2[C@H](O1)[C@@H](OCCO)C[C@H]2N.O=C(OC(C(=O)O)C(OC(=O)c1ccccc1)C(=O)O)c1ccccc1. The molecule has 2 aromatic carbocycles. The normalized spacial score (nSPS) is 28.9. The van der Waals surface area contributed by atoms with E-state index >= 15 is 0 Å². The van der Waals surface area contributed by atoms with Crippen LogP contribution in [-0.2, 0) is 47.5 Å². The Morgan fingerprint density at radius 2 is 0.946 bits per heavy atom. The van der Waals surface area contributed by atoms with E-state index in [0.717, 1.165) is 12.8 Å². The number of hydrogen-bond acceptors (Lipinski definition) is 16. The fraction of sp³-hybridized carbons (Fsp3) is 0.579. The van der Waals surface area contributed by atoms with E-state index in [0.29, 0.717) is 13.2 Å². The van der Waals surface area contributed by atoms with Crippen LogP contribution in [-0.4, -0.2) is 143 Å². The van der Waals surface area contributed by atoms with E-state index in [2.05, 4.69) is 0 Å². The molecule has 2 saturated heterocycles. The number of carboxylic acids is 2. The third kappa shape index (κ3) is 12.0. The van der Waals surface area contributed by atoms with Crippen molar-refractivity contribution in [3.63, 3.8) is 0 Å². The molecule has 8 N–H and O–H groups in total. The Hall–Kier alpha value is -4.08. The first-order chi connectivity index (χ1) is 26.5. The topological polar surface area (TPSA) is 275 Å². The van der Waals surface area contributed by atoms with Gasteiger partial charge in [0.15, 0.2) is 11.6 Å². The second-order valence-electron chi connectivity index (χ2n) is 14.3. The van der Waals surface area contributed by atoms with Crippen molar-refractivity contribution in [3.8, 4) is 0 Å². The van der Waals surface area contributed by atoms with E-state index in [1.807, 2.05) is 27.7 Å². The third-order valence-electron chi connectivity index (χ3n) is 9.01. The van der Waals surface area contributed by atoms with Crippen LogP contribution in [0.5, 0.6) is 0 Å². The van der Waals surface area contributed by atoms with Crippen LogP contribution in [0.25, 0.3) is 0 Å². The van der Waals surface area contributed by atoms with Crippen LogP contribution in [0.4, 0.5) is 0 Å². The number of aliphatic carboxylic acids is 2. The summed E-state index contributed by atoms with van der Waals surface area (Å²) in [6, 6.07) is 14.8. The van der Waals surface area contributed by atoms with Gasteiger partial charge in [-0.3, -0.25) is 0 Å². The van der Waals surface area contributed by atoms with Gasteiger partial charge < -0.3 is 69.8 Å². The van der Waals surface area contributed by atoms with Crippen LogP contribution >= 0.6 is 0 Å². The highest BCUT2D eigenvalue weighted by Crippen LogP contribution is 2.40. The first-order valence-electron chi connectivity index (χ1n) is 18.1. The van der Waals surface area contributed by atoms with Gasteiger partial charge in [-0.15, -0.1) is 0 Å². The molecule has 2 unspecified atom stereocenters. The first-order valence-corrected chi connectivity index (χ1v) is 18.1. The van der Waals surface area contributed by atoms with E-state index in [1.165, 1.54) is 48.5 Å². The molecule has 6 rings (SSSR count). The number of carbonyl (C=O) groups is 4. The second kappa shape index (κ2) is 19.9. The van der Waals surface area contributed by atoms with Gasteiger partial charge in [-0.1, -0.05) is 36.4 Å². The number of carboxylic acid groups (broad SMARTS) is 2. The van der Waals surface area contributed by atoms with E-state index < -0.39 is 47.7 Å². The van der Waals surface area contributed by atoms with Crippen LogP contribution in [0.3, 0.4) is 0 Å². The molecule has 4 aliphatic rings. The molecular formula is C38H52N2O16. The molecular weight excluding hydrogens is 740 g/mol. The highest BCUT2D eigenvalue weighted by atomic mass is 16.8. The molecule has 2 saturated carbocycles. The van der Waals surface area contributed by atoms with Crippen LogP contribution in [0, 0.1) is 0 Å². The fourth-order valence-electron chi connectivity index (χ4n) is 6.68. The molecule has 0 amide bonds. The summed E-state index contributed by atoms with van der Waals surface area (Å²) in [5, 5.41) is 35.9. The Morgan fingerprint density at radius 3 is 1.25 bits per heavy atom. The van der Waals surface area contributed by atoms with Crippen LogP contribution in [0.2, 0.25) is 0 Å². The molecule has 0 bridgehead atoms. The average Bonchev–Trinajstić information content (AvgIpc) is 3.84. The number of benzene rings is 2. The quantitative estimate of drug-likeness (QED) is 0.153. The lowest BCUT2D eigenvalue weighted by atomic mass is 10.1. The predicted octanol–water partition coefficient (Wildman–Crippen LogP) is 0.837. The number of nitrogens with two attached hydrogens (primary N) is 2. The van der Waals surface area contributed by atoms with E-state index in [9.17, 15) is 29.4 Å². The van der Waals surface area contributed by atoms with Crippen molar-refractivity contribution < 1.29 is 77.5 Å². The standard InChI is InChI=1S/C18H14O8.2C10H19NO4/c19-15(20)13(25-17(23)11-7-3-1-4-8-11)14(16(21)22)26-18(24)12-9-5-2-6-10-12;2*1-10(2)14-8-6(11)5-7(9(8)15-10)13-4-3-12/h1-10,13-14H,(H,19,20)(H,21,22);2*6-9,12H,3-5,11H2,1-2H3/t;2*6-,7+,8+,9-/m.11/s1. The van der Waals surface area contributed by atoms with Crippen molar-refractivity contribution in [2.45, 2.75) is 113 Å². The van der Waals surface area contributed by atoms with Gasteiger partial charge in [0, 0.05) is 12.1 Å². The molecule has 18 nitrogen and oxygen atoms in total. The maximum Gasteiger partial charge on any atom is 0.349 e. The van der Waals surface area contributed by atoms with Crippen molar-refractivity contribution in [2.75, 3.05) is 26.4 Å². The number of aliphatic hydroxyl groups is 2. The van der Waals surface area contributed by atoms with Crippen molar-refractivity contribution in [2.24, 2.45) is 11.5 Å². The number of carbonyl (C=O) groups excluding carboxylic acids is 2. The first kappa shape index (κ1) is 44.6. The van der Waals surface area contributed by atoms with Crippen LogP contribution < -0.4 is 11.5 Å². The summed E-state index contributed by atoms with van der Waals surface area (Å²) >= 11 is 0. The summed E-state index contributed by atoms with van der Waals surface area (Å²) in [5.74, 6) is -6.78. The van der Waals surface area contributed by atoms with Gasteiger partial charge in [0.2, 0.25) is 12.2 Å². The molecule has 0 aromatic heterocycles. The van der Waals surface area contributed by atoms with E-state index in [-0.39, 0.29) is 73.0 Å². The zero-order valence-corrected chi connectivity index (χ0v) is 31.6. The molecule has 18 heteroatoms. The Kier molecular flexibility index (Phi) is 15.8. The average molecular weight is 793 g/mol. The minimum atomic E-state index is -2.21. The fourth-order valence-corrected chi connectivity index (χ4v) is 6.68. The second-order valence-corrected chi connectivity index (χ2v) is 14.3. The van der Waals surface area contributed by atoms with Crippen LogP contribution in [0.1, 0.15) is 61.3 Å². The van der Waals surface area contributed by atoms with Crippen molar-refractivity contribution >= 4 is 23.9 Å². The minimum Gasteiger partial charge on any atom is -0.478 e. The third-order valence-corrected chi connectivity index (χ3v) is 9.01. The number of esters is 2. The molecule has 2 heterocycles. The number of aliphatic hydroxyl groups excluding tert-OH is 2. The zero-order chi connectivity index (χ0) is 41.2. The summed E-state index contributed by atoms with van der Waals surface area (Å²) < 4.78 is 43.4. The summed E-state index contributed by atoms with van der Waals surface area (Å²) in [6.45, 7) is 8.19. The Bertz CT molecular complexity index is 1480. The summed E-state index contributed by atoms with van der Waals surface area (Å²) in [5.41, 5.74) is 12.0. The monoisotopic (exact) mass is 792 g/mol. The molecule has 4 fully saturated rings. The maximum atomic E-state index is 12.0. The maximum absolute atomic E-state index is 12.0. The summed E-state index contributed by atoms with van der Waals surface area (Å²) in [6.07, 6.45) is -3.44. The minimum absolute atomic E-state index is 0.0212. The molecule has 0 radical (unpaired) electrons. The number of rotatable bonds is 13. The van der Waals surface area contributed by atoms with E-state index in [4.69, 9.17) is 59.6 Å². The number of fused-ring (bicyclic) bond motifs is 2. The van der Waals surface area contributed by atoms with Gasteiger partial charge in [0.05, 0.1) is 49.8 Å². The molecule has 2 aliphatic carbocycles. The van der Waals surface area contributed by atoms with Crippen molar-refractivity contribution in [1.29, 1.82) is 0 Å². The number of ether oxygens (including phenoxy) is 8. The summed E-state index contributed by atoms with van der Waals surface area (Å²) in [7, 11) is 0. The Labute approximate surface area is 323 Å². The Morgan fingerprint density at radius 1 is 0.625 bits per heavy atom. The lowest BCUT2D eigenvalue weighted by Crippen LogP contribution is -2.45. The van der Waals surface area contributed by atoms with Gasteiger partial charge in [0.1, 0.15) is 24.4 Å². The zero-order valence-electron chi connectivity index (χ0n) is 31.6. The molecule has 56 heavy (non-hydrogen) atoms. The van der Waals surface area contributed by atoms with Crippen molar-refractivity contribution in [3.05, 3.63) is 71.8 Å². The van der Waals surface area contributed by atoms with Gasteiger partial charge in [-0.25, -0.2) is 19.2 Å². The lowest BCUT2D eigenvalue weighted by molar-refractivity contribution is -0.168. The van der Waals surface area contributed by atoms with Crippen molar-refractivity contribution in [1.82, 2.24) is 0 Å². The molecule has 2 aliphatic heterocycles. The highest BCUT2D eigenvalue weighted by molar-refractivity contribution is 5.95. The number of hydrogen-bond donors (Lipinski definition) is 6. The Balaban J connectivity index is 0.000000198. The smallest absolute Gasteiger partial charge is 0.349 e. The molecule has 10 atom stereocenters. The van der Waals surface area contributed by atoms with Crippen LogP contribution in [0.15, 0.2) is 60.7 Å². The molecule has 0 spiro atoms. The highest BCUT2D eigenvalue weighted by Gasteiger charge is 2.54. The predicted molar refractivity (Wildman–Crippen MR) is 193 cm³/mol. The largest absolute Gasteiger partial charge is 0.478 e. The molecule has 2 aromatic rings.